The lowest BCUT2D eigenvalue weighted by Crippen LogP contribution is -2.43. The van der Waals surface area contributed by atoms with E-state index in [2.05, 4.69) is 11.1 Å². The number of carbonyl (C=O) groups is 2. The maximum absolute atomic E-state index is 13.8. The van der Waals surface area contributed by atoms with E-state index in [9.17, 15) is 18.4 Å². The van der Waals surface area contributed by atoms with Gasteiger partial charge in [0.25, 0.3) is 5.91 Å². The van der Waals surface area contributed by atoms with E-state index in [0.717, 1.165) is 12.1 Å². The zero-order chi connectivity index (χ0) is 19.0. The molecule has 1 aliphatic rings. The number of likely N-dealkylation sites (tertiary alicyclic amines) is 1. The number of nitriles is 1. The first kappa shape index (κ1) is 17.9. The van der Waals surface area contributed by atoms with Gasteiger partial charge >= 0.3 is 0 Å². The van der Waals surface area contributed by atoms with Crippen LogP contribution >= 0.6 is 0 Å². The second-order valence-electron chi connectivity index (χ2n) is 6.69. The number of aromatic amines is 1. The Labute approximate surface area is 149 Å². The summed E-state index contributed by atoms with van der Waals surface area (Å²) >= 11 is 0. The number of rotatable bonds is 3. The molecule has 1 saturated heterocycles. The highest BCUT2D eigenvalue weighted by atomic mass is 19.1. The van der Waals surface area contributed by atoms with Crippen LogP contribution < -0.4 is 0 Å². The van der Waals surface area contributed by atoms with Gasteiger partial charge in [-0.05, 0) is 30.5 Å². The second kappa shape index (κ2) is 6.75. The van der Waals surface area contributed by atoms with Gasteiger partial charge in [-0.1, -0.05) is 6.92 Å². The lowest BCUT2D eigenvalue weighted by molar-refractivity contribution is -0.131. The fourth-order valence-electron chi connectivity index (χ4n) is 3.28. The molecule has 136 valence electrons. The molecule has 0 aliphatic carbocycles. The number of nitrogens with zero attached hydrogens (tertiary/aromatic N) is 3. The predicted octanol–water partition coefficient (Wildman–Crippen LogP) is 2.28. The van der Waals surface area contributed by atoms with Gasteiger partial charge in [0.1, 0.15) is 23.4 Å². The van der Waals surface area contributed by atoms with Gasteiger partial charge in [0.05, 0.1) is 18.1 Å². The van der Waals surface area contributed by atoms with Crippen LogP contribution in [0.5, 0.6) is 0 Å². The van der Waals surface area contributed by atoms with Crippen LogP contribution in [-0.4, -0.2) is 52.8 Å². The average Bonchev–Trinajstić information content (AvgIpc) is 3.22. The second-order valence-corrected chi connectivity index (χ2v) is 6.69. The highest BCUT2D eigenvalue weighted by molar-refractivity contribution is 5.99. The molecule has 8 heteroatoms. The maximum Gasteiger partial charge on any atom is 0.270 e. The first-order chi connectivity index (χ1) is 12.3. The Bertz CT molecular complexity index is 879. The van der Waals surface area contributed by atoms with Crippen molar-refractivity contribution < 1.29 is 18.4 Å². The summed E-state index contributed by atoms with van der Waals surface area (Å²) in [4.78, 5) is 30.2. The SMILES string of the molecule is CC1CC(C#N)N(C(=O)CN(C)C(=O)c2cc3c(F)ccc(F)c3[nH]2)C1. The van der Waals surface area contributed by atoms with Gasteiger partial charge < -0.3 is 14.8 Å². The van der Waals surface area contributed by atoms with Crippen molar-refractivity contribution in [1.29, 1.82) is 5.26 Å². The number of aromatic nitrogens is 1. The third kappa shape index (κ3) is 3.12. The van der Waals surface area contributed by atoms with Crippen LogP contribution in [0, 0.1) is 28.9 Å². The molecular weight excluding hydrogens is 342 g/mol. The Morgan fingerprint density at radius 1 is 1.38 bits per heavy atom. The van der Waals surface area contributed by atoms with E-state index in [4.69, 9.17) is 5.26 Å². The number of carbonyl (C=O) groups excluding carboxylic acids is 2. The Morgan fingerprint density at radius 3 is 2.73 bits per heavy atom. The summed E-state index contributed by atoms with van der Waals surface area (Å²) in [5.41, 5.74) is -0.100. The van der Waals surface area contributed by atoms with Gasteiger partial charge in [0.15, 0.2) is 0 Å². The van der Waals surface area contributed by atoms with E-state index in [1.54, 1.807) is 0 Å². The number of fused-ring (bicyclic) bond motifs is 1. The van der Waals surface area contributed by atoms with E-state index in [1.165, 1.54) is 22.9 Å². The molecule has 3 rings (SSSR count). The van der Waals surface area contributed by atoms with Gasteiger partial charge in [0.2, 0.25) is 5.91 Å². The molecule has 0 bridgehead atoms. The third-order valence-corrected chi connectivity index (χ3v) is 4.62. The van der Waals surface area contributed by atoms with Crippen molar-refractivity contribution in [2.75, 3.05) is 20.1 Å². The smallest absolute Gasteiger partial charge is 0.270 e. The molecule has 1 N–H and O–H groups in total. The maximum atomic E-state index is 13.8. The van der Waals surface area contributed by atoms with Crippen molar-refractivity contribution in [3.63, 3.8) is 0 Å². The van der Waals surface area contributed by atoms with Crippen LogP contribution in [0.4, 0.5) is 8.78 Å². The minimum atomic E-state index is -0.665. The molecule has 26 heavy (non-hydrogen) atoms. The zero-order valence-electron chi connectivity index (χ0n) is 14.4. The molecule has 1 aromatic heterocycles. The van der Waals surface area contributed by atoms with Crippen molar-refractivity contribution in [3.8, 4) is 6.07 Å². The van der Waals surface area contributed by atoms with Crippen LogP contribution in [0.3, 0.4) is 0 Å². The van der Waals surface area contributed by atoms with Gasteiger partial charge in [-0.3, -0.25) is 9.59 Å². The highest BCUT2D eigenvalue weighted by Crippen LogP contribution is 2.24. The Balaban J connectivity index is 1.76. The van der Waals surface area contributed by atoms with E-state index < -0.39 is 23.6 Å². The minimum Gasteiger partial charge on any atom is -0.348 e. The number of hydrogen-bond donors (Lipinski definition) is 1. The zero-order valence-corrected chi connectivity index (χ0v) is 14.4. The van der Waals surface area contributed by atoms with Crippen molar-refractivity contribution in [1.82, 2.24) is 14.8 Å². The average molecular weight is 360 g/mol. The quantitative estimate of drug-likeness (QED) is 0.912. The van der Waals surface area contributed by atoms with Crippen molar-refractivity contribution in [2.45, 2.75) is 19.4 Å². The topological polar surface area (TPSA) is 80.2 Å². The van der Waals surface area contributed by atoms with Crippen LogP contribution in [-0.2, 0) is 4.79 Å². The number of amides is 2. The van der Waals surface area contributed by atoms with Gasteiger partial charge in [-0.2, -0.15) is 5.26 Å². The summed E-state index contributed by atoms with van der Waals surface area (Å²) in [5.74, 6) is -1.97. The molecule has 1 aliphatic heterocycles. The summed E-state index contributed by atoms with van der Waals surface area (Å²) in [5, 5.41) is 9.13. The molecule has 6 nitrogen and oxygen atoms in total. The standard InChI is InChI=1S/C18H18F2N4O2/c1-10-5-11(7-21)24(8-10)16(25)9-23(2)18(26)15-6-12-13(19)3-4-14(20)17(12)22-15/h3-4,6,10-11,22H,5,8-9H2,1-2H3. The summed E-state index contributed by atoms with van der Waals surface area (Å²) in [6.45, 7) is 2.21. The number of H-pyrrole nitrogens is 1. The first-order valence-corrected chi connectivity index (χ1v) is 8.23. The molecule has 1 fully saturated rings. The highest BCUT2D eigenvalue weighted by Gasteiger charge is 2.34. The molecule has 2 heterocycles. The lowest BCUT2D eigenvalue weighted by Gasteiger charge is -2.23. The Kier molecular flexibility index (Phi) is 4.64. The van der Waals surface area contributed by atoms with Crippen LogP contribution in [0.15, 0.2) is 18.2 Å². The molecule has 2 unspecified atom stereocenters. The third-order valence-electron chi connectivity index (χ3n) is 4.62. The molecule has 0 saturated carbocycles. The van der Waals surface area contributed by atoms with Crippen molar-refractivity contribution >= 4 is 22.7 Å². The van der Waals surface area contributed by atoms with Crippen molar-refractivity contribution in [3.05, 3.63) is 35.5 Å². The molecule has 2 atom stereocenters. The monoisotopic (exact) mass is 360 g/mol. The normalized spacial score (nSPS) is 19.6. The summed E-state index contributed by atoms with van der Waals surface area (Å²) in [7, 11) is 1.43. The minimum absolute atomic E-state index is 0.00840. The molecule has 0 radical (unpaired) electrons. The van der Waals surface area contributed by atoms with E-state index in [-0.39, 0.29) is 35.0 Å². The summed E-state index contributed by atoms with van der Waals surface area (Å²) in [6, 6.07) is 4.81. The van der Waals surface area contributed by atoms with E-state index >= 15 is 0 Å². The van der Waals surface area contributed by atoms with Gasteiger partial charge in [-0.25, -0.2) is 8.78 Å². The number of halogens is 2. The van der Waals surface area contributed by atoms with Gasteiger partial charge in [-0.15, -0.1) is 0 Å². The van der Waals surface area contributed by atoms with Gasteiger partial charge in [0, 0.05) is 19.0 Å². The van der Waals surface area contributed by atoms with Crippen LogP contribution in [0.25, 0.3) is 10.9 Å². The summed E-state index contributed by atoms with van der Waals surface area (Å²) in [6.07, 6.45) is 0.612. The van der Waals surface area contributed by atoms with E-state index in [1.807, 2.05) is 6.92 Å². The fourth-order valence-corrected chi connectivity index (χ4v) is 3.28. The van der Waals surface area contributed by atoms with Crippen LogP contribution in [0.1, 0.15) is 23.8 Å². The first-order valence-electron chi connectivity index (χ1n) is 8.23. The van der Waals surface area contributed by atoms with Crippen LogP contribution in [0.2, 0.25) is 0 Å². The molecule has 2 aromatic rings. The Hall–Kier alpha value is -2.95. The number of hydrogen-bond acceptors (Lipinski definition) is 3. The largest absolute Gasteiger partial charge is 0.348 e. The molecular formula is C18H18F2N4O2. The summed E-state index contributed by atoms with van der Waals surface area (Å²) < 4.78 is 27.5. The lowest BCUT2D eigenvalue weighted by atomic mass is 10.1. The molecule has 2 amide bonds. The number of nitrogens with one attached hydrogen (secondary N) is 1. The molecule has 0 spiro atoms. The van der Waals surface area contributed by atoms with E-state index in [0.29, 0.717) is 13.0 Å². The predicted molar refractivity (Wildman–Crippen MR) is 90.1 cm³/mol. The fraction of sp³-hybridized carbons (Fsp3) is 0.389. The van der Waals surface area contributed by atoms with Crippen molar-refractivity contribution in [2.24, 2.45) is 5.92 Å². The molecule has 1 aromatic carbocycles. The number of likely N-dealkylation sites (N-methyl/N-ethyl adjacent to an activating group) is 1. The Morgan fingerprint density at radius 2 is 2.08 bits per heavy atom. The number of benzene rings is 1.